The number of halogens is 3. The second-order valence-electron chi connectivity index (χ2n) is 4.84. The molecule has 0 bridgehead atoms. The summed E-state index contributed by atoms with van der Waals surface area (Å²) in [6.07, 6.45) is 0. The van der Waals surface area contributed by atoms with Crippen LogP contribution in [0.15, 0.2) is 30.3 Å². The molecule has 2 rings (SSSR count). The van der Waals surface area contributed by atoms with Gasteiger partial charge in [0, 0.05) is 16.9 Å². The van der Waals surface area contributed by atoms with E-state index >= 15 is 0 Å². The molecule has 0 spiro atoms. The first-order chi connectivity index (χ1) is 9.86. The molecule has 3 nitrogen and oxygen atoms in total. The molecular formula is C15H13Cl2FN2O. The molecule has 1 amide bonds. The quantitative estimate of drug-likeness (QED) is 0.815. The minimum absolute atomic E-state index is 0.00190. The van der Waals surface area contributed by atoms with Gasteiger partial charge in [-0.1, -0.05) is 37.0 Å². The maximum absolute atomic E-state index is 13.4. The minimum Gasteiger partial charge on any atom is -0.322 e. The van der Waals surface area contributed by atoms with E-state index in [1.807, 2.05) is 13.8 Å². The maximum Gasteiger partial charge on any atom is 0.255 e. The molecule has 0 aliphatic carbocycles. The summed E-state index contributed by atoms with van der Waals surface area (Å²) in [5.74, 6) is -0.837. The SMILES string of the molecule is CC(C)c1cc(C(=O)Nc2ccc(Cl)c(F)c2)cc(Cl)n1. The zero-order valence-corrected chi connectivity index (χ0v) is 13.0. The molecule has 0 saturated heterocycles. The van der Waals surface area contributed by atoms with Crippen molar-refractivity contribution < 1.29 is 9.18 Å². The van der Waals surface area contributed by atoms with E-state index in [0.29, 0.717) is 11.3 Å². The van der Waals surface area contributed by atoms with Crippen LogP contribution < -0.4 is 5.32 Å². The molecule has 2 aromatic rings. The van der Waals surface area contributed by atoms with Crippen molar-refractivity contribution in [3.8, 4) is 0 Å². The Hall–Kier alpha value is -1.65. The van der Waals surface area contributed by atoms with E-state index in [1.54, 1.807) is 6.07 Å². The van der Waals surface area contributed by atoms with Gasteiger partial charge in [-0.05, 0) is 36.2 Å². The average Bonchev–Trinajstić information content (AvgIpc) is 2.42. The number of nitrogens with zero attached hydrogens (tertiary/aromatic N) is 1. The highest BCUT2D eigenvalue weighted by Crippen LogP contribution is 2.21. The Bertz CT molecular complexity index is 689. The van der Waals surface area contributed by atoms with E-state index < -0.39 is 5.82 Å². The largest absolute Gasteiger partial charge is 0.322 e. The molecule has 1 aromatic carbocycles. The van der Waals surface area contributed by atoms with Gasteiger partial charge in [-0.15, -0.1) is 0 Å². The molecule has 0 aliphatic rings. The van der Waals surface area contributed by atoms with Crippen molar-refractivity contribution in [2.45, 2.75) is 19.8 Å². The fourth-order valence-corrected chi connectivity index (χ4v) is 2.05. The molecule has 1 N–H and O–H groups in total. The van der Waals surface area contributed by atoms with Crippen LogP contribution in [-0.4, -0.2) is 10.9 Å². The van der Waals surface area contributed by atoms with Crippen LogP contribution in [0.1, 0.15) is 35.8 Å². The minimum atomic E-state index is -0.593. The highest BCUT2D eigenvalue weighted by atomic mass is 35.5. The Kier molecular flexibility index (Phi) is 4.80. The summed E-state index contributed by atoms with van der Waals surface area (Å²) in [6, 6.07) is 7.20. The molecule has 0 aliphatic heterocycles. The number of nitrogens with one attached hydrogen (secondary N) is 1. The Labute approximate surface area is 132 Å². The molecule has 0 radical (unpaired) electrons. The van der Waals surface area contributed by atoms with Crippen LogP contribution in [0.2, 0.25) is 10.2 Å². The third-order valence-electron chi connectivity index (χ3n) is 2.85. The van der Waals surface area contributed by atoms with Crippen molar-refractivity contribution in [3.05, 3.63) is 57.6 Å². The van der Waals surface area contributed by atoms with E-state index in [-0.39, 0.29) is 22.0 Å². The fraction of sp³-hybridized carbons (Fsp3) is 0.200. The molecule has 0 unspecified atom stereocenters. The van der Waals surface area contributed by atoms with Gasteiger partial charge in [0.25, 0.3) is 5.91 Å². The first-order valence-electron chi connectivity index (χ1n) is 6.30. The summed E-state index contributed by atoms with van der Waals surface area (Å²) in [7, 11) is 0. The van der Waals surface area contributed by atoms with Crippen LogP contribution in [0.25, 0.3) is 0 Å². The summed E-state index contributed by atoms with van der Waals surface area (Å²) in [6.45, 7) is 3.91. The monoisotopic (exact) mass is 326 g/mol. The molecule has 6 heteroatoms. The van der Waals surface area contributed by atoms with Gasteiger partial charge in [0.1, 0.15) is 11.0 Å². The predicted molar refractivity (Wildman–Crippen MR) is 82.7 cm³/mol. The van der Waals surface area contributed by atoms with Gasteiger partial charge in [-0.3, -0.25) is 4.79 Å². The Morgan fingerprint density at radius 3 is 2.57 bits per heavy atom. The summed E-state index contributed by atoms with van der Waals surface area (Å²) < 4.78 is 13.4. The van der Waals surface area contributed by atoms with Gasteiger partial charge in [-0.2, -0.15) is 0 Å². The van der Waals surface area contributed by atoms with E-state index in [4.69, 9.17) is 23.2 Å². The van der Waals surface area contributed by atoms with Crippen LogP contribution in [0.3, 0.4) is 0 Å². The van der Waals surface area contributed by atoms with Crippen LogP contribution >= 0.6 is 23.2 Å². The van der Waals surface area contributed by atoms with Crippen LogP contribution in [0.4, 0.5) is 10.1 Å². The third-order valence-corrected chi connectivity index (χ3v) is 3.35. The third kappa shape index (κ3) is 3.93. The number of pyridine rings is 1. The number of hydrogen-bond donors (Lipinski definition) is 1. The van der Waals surface area contributed by atoms with E-state index in [2.05, 4.69) is 10.3 Å². The standard InChI is InChI=1S/C15H13Cl2FN2O/c1-8(2)13-5-9(6-14(17)20-13)15(21)19-10-3-4-11(16)12(18)7-10/h3-8H,1-2H3,(H,19,21). The molecule has 0 fully saturated rings. The Morgan fingerprint density at radius 1 is 1.24 bits per heavy atom. The number of anilines is 1. The van der Waals surface area contributed by atoms with E-state index in [9.17, 15) is 9.18 Å². The zero-order valence-electron chi connectivity index (χ0n) is 11.5. The second-order valence-corrected chi connectivity index (χ2v) is 5.64. The number of hydrogen-bond acceptors (Lipinski definition) is 2. The summed E-state index contributed by atoms with van der Waals surface area (Å²) in [5.41, 5.74) is 1.41. The fourth-order valence-electron chi connectivity index (χ4n) is 1.72. The number of rotatable bonds is 3. The number of amides is 1. The average molecular weight is 327 g/mol. The predicted octanol–water partition coefficient (Wildman–Crippen LogP) is 4.90. The zero-order chi connectivity index (χ0) is 15.6. The lowest BCUT2D eigenvalue weighted by Crippen LogP contribution is -2.13. The van der Waals surface area contributed by atoms with Gasteiger partial charge in [0.15, 0.2) is 0 Å². The van der Waals surface area contributed by atoms with Gasteiger partial charge in [-0.25, -0.2) is 9.37 Å². The highest BCUT2D eigenvalue weighted by molar-refractivity contribution is 6.31. The first kappa shape index (κ1) is 15.7. The van der Waals surface area contributed by atoms with Crippen molar-refractivity contribution in [1.82, 2.24) is 4.98 Å². The summed E-state index contributed by atoms with van der Waals surface area (Å²) >= 11 is 11.5. The van der Waals surface area contributed by atoms with Crippen molar-refractivity contribution in [1.29, 1.82) is 0 Å². The van der Waals surface area contributed by atoms with Crippen LogP contribution in [0, 0.1) is 5.82 Å². The van der Waals surface area contributed by atoms with E-state index in [1.165, 1.54) is 18.2 Å². The topological polar surface area (TPSA) is 42.0 Å². The van der Waals surface area contributed by atoms with Crippen LogP contribution in [0.5, 0.6) is 0 Å². The molecular weight excluding hydrogens is 314 g/mol. The van der Waals surface area contributed by atoms with Crippen molar-refractivity contribution in [2.24, 2.45) is 0 Å². The molecule has 0 atom stereocenters. The Morgan fingerprint density at radius 2 is 1.95 bits per heavy atom. The number of aromatic nitrogens is 1. The number of benzene rings is 1. The normalized spacial score (nSPS) is 10.8. The molecule has 1 heterocycles. The van der Waals surface area contributed by atoms with Gasteiger partial charge in [0.2, 0.25) is 0 Å². The Balaban J connectivity index is 2.25. The summed E-state index contributed by atoms with van der Waals surface area (Å²) in [4.78, 5) is 16.3. The lowest BCUT2D eigenvalue weighted by molar-refractivity contribution is 0.102. The van der Waals surface area contributed by atoms with Gasteiger partial charge < -0.3 is 5.32 Å². The molecule has 110 valence electrons. The molecule has 0 saturated carbocycles. The van der Waals surface area contributed by atoms with Crippen molar-refractivity contribution in [3.63, 3.8) is 0 Å². The van der Waals surface area contributed by atoms with Gasteiger partial charge >= 0.3 is 0 Å². The van der Waals surface area contributed by atoms with Gasteiger partial charge in [0.05, 0.1) is 5.02 Å². The lowest BCUT2D eigenvalue weighted by atomic mass is 10.1. The smallest absolute Gasteiger partial charge is 0.255 e. The second kappa shape index (κ2) is 6.41. The molecule has 1 aromatic heterocycles. The number of carbonyl (C=O) groups excluding carboxylic acids is 1. The number of carbonyl (C=O) groups is 1. The maximum atomic E-state index is 13.4. The highest BCUT2D eigenvalue weighted by Gasteiger charge is 2.12. The van der Waals surface area contributed by atoms with Crippen LogP contribution in [-0.2, 0) is 0 Å². The van der Waals surface area contributed by atoms with Crippen molar-refractivity contribution in [2.75, 3.05) is 5.32 Å². The lowest BCUT2D eigenvalue weighted by Gasteiger charge is -2.09. The van der Waals surface area contributed by atoms with E-state index in [0.717, 1.165) is 11.8 Å². The van der Waals surface area contributed by atoms with Crippen molar-refractivity contribution >= 4 is 34.8 Å². The summed E-state index contributed by atoms with van der Waals surface area (Å²) in [5, 5.41) is 2.84. The molecule has 21 heavy (non-hydrogen) atoms. The first-order valence-corrected chi connectivity index (χ1v) is 7.06.